The lowest BCUT2D eigenvalue weighted by atomic mass is 10.0. The number of halogens is 1. The van der Waals surface area contributed by atoms with E-state index in [1.807, 2.05) is 89.2 Å². The predicted octanol–water partition coefficient (Wildman–Crippen LogP) is 6.20. The van der Waals surface area contributed by atoms with Crippen molar-refractivity contribution in [1.82, 2.24) is 10.2 Å². The minimum atomic E-state index is -0.732. The molecule has 6 heteroatoms. The molecule has 0 aromatic heterocycles. The SMILES string of the molecule is CC[C@@H](C)NC(=O)[C@@H](Cc1ccccc1)N(Cc1ccccc1Cl)C(=O)COc1cc(C)cc(C)c1C. The Labute approximate surface area is 225 Å². The van der Waals surface area contributed by atoms with Crippen LogP contribution >= 0.6 is 11.6 Å². The molecule has 0 saturated carbocycles. The summed E-state index contributed by atoms with van der Waals surface area (Å²) in [6, 6.07) is 20.4. The lowest BCUT2D eigenvalue weighted by Crippen LogP contribution is -2.53. The van der Waals surface area contributed by atoms with E-state index in [1.54, 1.807) is 11.0 Å². The highest BCUT2D eigenvalue weighted by atomic mass is 35.5. The number of ether oxygens (including phenoxy) is 1. The Kier molecular flexibility index (Phi) is 10.2. The number of nitrogens with zero attached hydrogens (tertiary/aromatic N) is 1. The molecule has 0 fully saturated rings. The zero-order valence-electron chi connectivity index (χ0n) is 22.4. The van der Waals surface area contributed by atoms with E-state index in [2.05, 4.69) is 11.4 Å². The highest BCUT2D eigenvalue weighted by Gasteiger charge is 2.31. The number of rotatable bonds is 11. The molecular formula is C31H37ClN2O3. The molecule has 1 N–H and O–H groups in total. The molecule has 3 rings (SSSR count). The van der Waals surface area contributed by atoms with E-state index in [0.717, 1.165) is 34.2 Å². The van der Waals surface area contributed by atoms with E-state index >= 15 is 0 Å². The maximum absolute atomic E-state index is 13.8. The number of hydrogen-bond acceptors (Lipinski definition) is 3. The first-order valence-electron chi connectivity index (χ1n) is 12.8. The number of nitrogens with one attached hydrogen (secondary N) is 1. The minimum absolute atomic E-state index is 0.0165. The number of carbonyl (C=O) groups excluding carboxylic acids is 2. The van der Waals surface area contributed by atoms with Gasteiger partial charge in [-0.2, -0.15) is 0 Å². The van der Waals surface area contributed by atoms with Crippen LogP contribution in [0.5, 0.6) is 5.75 Å². The molecular weight excluding hydrogens is 484 g/mol. The standard InChI is InChI=1S/C31H37ClN2O3/c1-6-23(4)33-31(36)28(18-25-12-8-7-9-13-25)34(19-26-14-10-11-15-27(26)32)30(35)20-37-29-17-21(2)16-22(3)24(29)5/h7-17,23,28H,6,18-20H2,1-5H3,(H,33,36)/t23-,28-/m1/s1. The number of carbonyl (C=O) groups is 2. The number of hydrogen-bond donors (Lipinski definition) is 1. The van der Waals surface area contributed by atoms with Crippen molar-refractivity contribution < 1.29 is 14.3 Å². The summed E-state index contributed by atoms with van der Waals surface area (Å²) in [6.07, 6.45) is 1.17. The first-order chi connectivity index (χ1) is 17.7. The largest absolute Gasteiger partial charge is 0.483 e. The number of aryl methyl sites for hydroxylation is 2. The van der Waals surface area contributed by atoms with Crippen LogP contribution in [0, 0.1) is 20.8 Å². The first-order valence-corrected chi connectivity index (χ1v) is 13.1. The molecule has 0 bridgehead atoms. The molecule has 3 aromatic carbocycles. The normalized spacial score (nSPS) is 12.5. The van der Waals surface area contributed by atoms with Crippen LogP contribution in [-0.4, -0.2) is 35.4 Å². The molecule has 0 aliphatic heterocycles. The maximum atomic E-state index is 13.8. The van der Waals surface area contributed by atoms with Gasteiger partial charge in [0, 0.05) is 24.0 Å². The summed E-state index contributed by atoms with van der Waals surface area (Å²) < 4.78 is 6.04. The lowest BCUT2D eigenvalue weighted by Gasteiger charge is -2.32. The smallest absolute Gasteiger partial charge is 0.261 e. The van der Waals surface area contributed by atoms with Crippen LogP contribution in [-0.2, 0) is 22.6 Å². The molecule has 0 unspecified atom stereocenters. The fourth-order valence-electron chi connectivity index (χ4n) is 4.18. The first kappa shape index (κ1) is 28.3. The fourth-order valence-corrected chi connectivity index (χ4v) is 4.37. The summed E-state index contributed by atoms with van der Waals surface area (Å²) in [7, 11) is 0. The van der Waals surface area contributed by atoms with Crippen LogP contribution in [0.4, 0.5) is 0 Å². The monoisotopic (exact) mass is 520 g/mol. The highest BCUT2D eigenvalue weighted by Crippen LogP contribution is 2.24. The van der Waals surface area contributed by atoms with Gasteiger partial charge in [0.15, 0.2) is 6.61 Å². The molecule has 196 valence electrons. The quantitative estimate of drug-likeness (QED) is 0.327. The van der Waals surface area contributed by atoms with E-state index in [4.69, 9.17) is 16.3 Å². The molecule has 3 aromatic rings. The third kappa shape index (κ3) is 7.83. The van der Waals surface area contributed by atoms with Crippen LogP contribution in [0.1, 0.15) is 48.1 Å². The van der Waals surface area contributed by atoms with Crippen LogP contribution in [0.2, 0.25) is 5.02 Å². The average molecular weight is 521 g/mol. The molecule has 0 aliphatic rings. The van der Waals surface area contributed by atoms with Gasteiger partial charge in [-0.3, -0.25) is 9.59 Å². The molecule has 0 heterocycles. The lowest BCUT2D eigenvalue weighted by molar-refractivity contribution is -0.143. The van der Waals surface area contributed by atoms with Crippen molar-refractivity contribution in [2.24, 2.45) is 0 Å². The van der Waals surface area contributed by atoms with E-state index in [-0.39, 0.29) is 31.0 Å². The second-order valence-corrected chi connectivity index (χ2v) is 10.0. The van der Waals surface area contributed by atoms with Gasteiger partial charge in [0.1, 0.15) is 11.8 Å². The van der Waals surface area contributed by atoms with Crippen molar-refractivity contribution in [3.8, 4) is 5.75 Å². The predicted molar refractivity (Wildman–Crippen MR) is 150 cm³/mol. The molecule has 2 atom stereocenters. The molecule has 0 radical (unpaired) electrons. The van der Waals surface area contributed by atoms with Gasteiger partial charge in [-0.1, -0.05) is 73.1 Å². The van der Waals surface area contributed by atoms with Crippen LogP contribution < -0.4 is 10.1 Å². The van der Waals surface area contributed by atoms with Crippen molar-refractivity contribution in [2.75, 3.05) is 6.61 Å². The fraction of sp³-hybridized carbons (Fsp3) is 0.355. The van der Waals surface area contributed by atoms with Gasteiger partial charge in [-0.25, -0.2) is 0 Å². The van der Waals surface area contributed by atoms with Crippen LogP contribution in [0.3, 0.4) is 0 Å². The van der Waals surface area contributed by atoms with Gasteiger partial charge in [-0.15, -0.1) is 0 Å². The van der Waals surface area contributed by atoms with Gasteiger partial charge >= 0.3 is 0 Å². The topological polar surface area (TPSA) is 58.6 Å². The summed E-state index contributed by atoms with van der Waals surface area (Å²) in [6.45, 7) is 9.99. The third-order valence-electron chi connectivity index (χ3n) is 6.69. The Morgan fingerprint density at radius 2 is 1.68 bits per heavy atom. The van der Waals surface area contributed by atoms with Crippen molar-refractivity contribution in [2.45, 2.75) is 66.1 Å². The van der Waals surface area contributed by atoms with Crippen molar-refractivity contribution in [3.63, 3.8) is 0 Å². The Balaban J connectivity index is 1.96. The Morgan fingerprint density at radius 3 is 2.35 bits per heavy atom. The van der Waals surface area contributed by atoms with Gasteiger partial charge in [0.2, 0.25) is 5.91 Å². The Bertz CT molecular complexity index is 1210. The summed E-state index contributed by atoms with van der Waals surface area (Å²) in [5, 5.41) is 3.63. The summed E-state index contributed by atoms with van der Waals surface area (Å²) in [5.74, 6) is 0.201. The minimum Gasteiger partial charge on any atom is -0.483 e. The van der Waals surface area contributed by atoms with E-state index < -0.39 is 6.04 Å². The zero-order valence-corrected chi connectivity index (χ0v) is 23.1. The average Bonchev–Trinajstić information content (AvgIpc) is 2.88. The third-order valence-corrected chi connectivity index (χ3v) is 7.05. The van der Waals surface area contributed by atoms with E-state index in [0.29, 0.717) is 17.2 Å². The molecule has 0 saturated heterocycles. The molecule has 0 aliphatic carbocycles. The molecule has 0 spiro atoms. The molecule has 5 nitrogen and oxygen atoms in total. The van der Waals surface area contributed by atoms with Crippen molar-refractivity contribution in [1.29, 1.82) is 0 Å². The maximum Gasteiger partial charge on any atom is 0.261 e. The van der Waals surface area contributed by atoms with Crippen LogP contribution in [0.25, 0.3) is 0 Å². The Morgan fingerprint density at radius 1 is 1.00 bits per heavy atom. The second kappa shape index (κ2) is 13.3. The second-order valence-electron chi connectivity index (χ2n) is 9.63. The molecule has 2 amide bonds. The zero-order chi connectivity index (χ0) is 26.9. The highest BCUT2D eigenvalue weighted by molar-refractivity contribution is 6.31. The van der Waals surface area contributed by atoms with Crippen molar-refractivity contribution in [3.05, 3.63) is 99.6 Å². The van der Waals surface area contributed by atoms with Crippen LogP contribution in [0.15, 0.2) is 66.7 Å². The summed E-state index contributed by atoms with van der Waals surface area (Å²) >= 11 is 6.48. The van der Waals surface area contributed by atoms with Gasteiger partial charge < -0.3 is 15.0 Å². The van der Waals surface area contributed by atoms with Gasteiger partial charge in [0.25, 0.3) is 5.91 Å². The number of benzene rings is 3. The van der Waals surface area contributed by atoms with Gasteiger partial charge in [-0.05, 0) is 74.1 Å². The van der Waals surface area contributed by atoms with E-state index in [1.165, 1.54) is 0 Å². The molecule has 37 heavy (non-hydrogen) atoms. The number of amides is 2. The van der Waals surface area contributed by atoms with Crippen molar-refractivity contribution >= 4 is 23.4 Å². The summed E-state index contributed by atoms with van der Waals surface area (Å²) in [4.78, 5) is 29.0. The Hall–Kier alpha value is -3.31. The summed E-state index contributed by atoms with van der Waals surface area (Å²) in [5.41, 5.74) is 4.90. The van der Waals surface area contributed by atoms with Gasteiger partial charge in [0.05, 0.1) is 0 Å². The van der Waals surface area contributed by atoms with E-state index in [9.17, 15) is 9.59 Å².